The number of hydrogen-bond acceptors (Lipinski definition) is 5. The summed E-state index contributed by atoms with van der Waals surface area (Å²) in [4.78, 5) is 11.8. The van der Waals surface area contributed by atoms with Crippen molar-refractivity contribution in [3.05, 3.63) is 54.6 Å². The molecule has 0 aliphatic rings. The summed E-state index contributed by atoms with van der Waals surface area (Å²) in [6.45, 7) is 1.64. The number of carbonyl (C=O) groups excluding carboxylic acids is 1. The van der Waals surface area contributed by atoms with Gasteiger partial charge in [0.2, 0.25) is 5.91 Å². The molecule has 0 fully saturated rings. The monoisotopic (exact) mass is 366 g/mol. The van der Waals surface area contributed by atoms with Crippen LogP contribution in [0.5, 0.6) is 11.5 Å². The lowest BCUT2D eigenvalue weighted by atomic mass is 10.3. The molecule has 0 aliphatic heterocycles. The molecule has 3 N–H and O–H groups in total. The number of amides is 1. The van der Waals surface area contributed by atoms with Crippen LogP contribution >= 0.6 is 12.4 Å². The Balaban J connectivity index is 0.00000312. The van der Waals surface area contributed by atoms with Gasteiger partial charge in [0.25, 0.3) is 0 Å². The Kier molecular flexibility index (Phi) is 10.1. The summed E-state index contributed by atoms with van der Waals surface area (Å²) in [6, 6.07) is 16.5. The predicted octanol–water partition coefficient (Wildman–Crippen LogP) is 2.48. The number of halogens is 1. The van der Waals surface area contributed by atoms with Crippen molar-refractivity contribution >= 4 is 24.0 Å². The fourth-order valence-corrected chi connectivity index (χ4v) is 1.91. The first-order valence-electron chi connectivity index (χ1n) is 7.76. The number of anilines is 1. The summed E-state index contributed by atoms with van der Waals surface area (Å²) in [5, 5.41) is 2.75. The smallest absolute Gasteiger partial charge is 0.250 e. The van der Waals surface area contributed by atoms with Crippen LogP contribution in [0.15, 0.2) is 54.6 Å². The maximum absolute atomic E-state index is 11.8. The molecule has 2 aromatic rings. The second-order valence-electron chi connectivity index (χ2n) is 4.92. The molecule has 0 unspecified atom stereocenters. The SMILES string of the molecule is Cl.NCCOc1ccc(NC(=O)COCCOc2ccccc2)cc1. The van der Waals surface area contributed by atoms with Crippen molar-refractivity contribution in [3.63, 3.8) is 0 Å². The molecular weight excluding hydrogens is 344 g/mol. The molecule has 6 nitrogen and oxygen atoms in total. The van der Waals surface area contributed by atoms with Gasteiger partial charge in [-0.15, -0.1) is 12.4 Å². The first-order chi connectivity index (χ1) is 11.8. The van der Waals surface area contributed by atoms with E-state index in [1.54, 1.807) is 24.3 Å². The molecule has 0 heterocycles. The Morgan fingerprint density at radius 2 is 1.52 bits per heavy atom. The second kappa shape index (κ2) is 12.1. The van der Waals surface area contributed by atoms with Crippen LogP contribution in [-0.2, 0) is 9.53 Å². The maximum Gasteiger partial charge on any atom is 0.250 e. The zero-order valence-corrected chi connectivity index (χ0v) is 14.7. The van der Waals surface area contributed by atoms with Crippen molar-refractivity contribution < 1.29 is 19.0 Å². The van der Waals surface area contributed by atoms with Crippen LogP contribution in [0.3, 0.4) is 0 Å². The molecule has 0 saturated heterocycles. The number of ether oxygens (including phenoxy) is 3. The van der Waals surface area contributed by atoms with E-state index in [1.807, 2.05) is 30.3 Å². The van der Waals surface area contributed by atoms with Gasteiger partial charge in [-0.3, -0.25) is 4.79 Å². The van der Waals surface area contributed by atoms with Gasteiger partial charge >= 0.3 is 0 Å². The number of para-hydroxylation sites is 1. The number of nitrogens with two attached hydrogens (primary N) is 1. The van der Waals surface area contributed by atoms with Crippen molar-refractivity contribution in [1.82, 2.24) is 0 Å². The van der Waals surface area contributed by atoms with Crippen LogP contribution in [0.2, 0.25) is 0 Å². The predicted molar refractivity (Wildman–Crippen MR) is 99.6 cm³/mol. The van der Waals surface area contributed by atoms with Gasteiger partial charge in [0, 0.05) is 12.2 Å². The molecule has 7 heteroatoms. The number of rotatable bonds is 10. The molecule has 2 rings (SSSR count). The Morgan fingerprint density at radius 1 is 0.880 bits per heavy atom. The van der Waals surface area contributed by atoms with Crippen molar-refractivity contribution in [3.8, 4) is 11.5 Å². The highest BCUT2D eigenvalue weighted by atomic mass is 35.5. The second-order valence-corrected chi connectivity index (χ2v) is 4.92. The zero-order valence-electron chi connectivity index (χ0n) is 13.9. The van der Waals surface area contributed by atoms with Gasteiger partial charge in [-0.05, 0) is 36.4 Å². The average Bonchev–Trinajstić information content (AvgIpc) is 2.62. The standard InChI is InChI=1S/C18H22N2O4.ClH/c19-10-11-23-17-8-6-15(7-9-17)20-18(21)14-22-12-13-24-16-4-2-1-3-5-16;/h1-9H,10-14,19H2,(H,20,21);1H. The van der Waals surface area contributed by atoms with E-state index in [1.165, 1.54) is 0 Å². The summed E-state index contributed by atoms with van der Waals surface area (Å²) in [7, 11) is 0. The third-order valence-corrected chi connectivity index (χ3v) is 3.00. The lowest BCUT2D eigenvalue weighted by Gasteiger charge is -2.09. The van der Waals surface area contributed by atoms with Crippen LogP contribution in [-0.4, -0.2) is 38.9 Å². The van der Waals surface area contributed by atoms with Crippen LogP contribution in [0.4, 0.5) is 5.69 Å². The molecule has 25 heavy (non-hydrogen) atoms. The van der Waals surface area contributed by atoms with Gasteiger partial charge in [-0.2, -0.15) is 0 Å². The van der Waals surface area contributed by atoms with Gasteiger partial charge in [0.05, 0.1) is 6.61 Å². The van der Waals surface area contributed by atoms with E-state index in [2.05, 4.69) is 5.32 Å². The zero-order chi connectivity index (χ0) is 17.0. The minimum atomic E-state index is -0.217. The average molecular weight is 367 g/mol. The first kappa shape index (κ1) is 20.8. The number of benzene rings is 2. The van der Waals surface area contributed by atoms with Gasteiger partial charge < -0.3 is 25.3 Å². The lowest BCUT2D eigenvalue weighted by Crippen LogP contribution is -2.20. The molecule has 1 amide bonds. The Hall–Kier alpha value is -2.28. The topological polar surface area (TPSA) is 82.8 Å². The fraction of sp³-hybridized carbons (Fsp3) is 0.278. The highest BCUT2D eigenvalue weighted by Crippen LogP contribution is 2.15. The van der Waals surface area contributed by atoms with Crippen LogP contribution < -0.4 is 20.5 Å². The highest BCUT2D eigenvalue weighted by Gasteiger charge is 2.03. The van der Waals surface area contributed by atoms with Crippen molar-refractivity contribution in [2.45, 2.75) is 0 Å². The molecule has 0 spiro atoms. The van der Waals surface area contributed by atoms with Crippen LogP contribution in [0, 0.1) is 0 Å². The third-order valence-electron chi connectivity index (χ3n) is 3.00. The van der Waals surface area contributed by atoms with E-state index in [9.17, 15) is 4.79 Å². The molecule has 2 aromatic carbocycles. The van der Waals surface area contributed by atoms with Crippen molar-refractivity contribution in [2.75, 3.05) is 38.3 Å². The molecule has 136 valence electrons. The van der Waals surface area contributed by atoms with E-state index in [4.69, 9.17) is 19.9 Å². The van der Waals surface area contributed by atoms with E-state index in [0.29, 0.717) is 37.8 Å². The summed E-state index contributed by atoms with van der Waals surface area (Å²) in [5.74, 6) is 1.28. The third kappa shape index (κ3) is 8.39. The largest absolute Gasteiger partial charge is 0.492 e. The van der Waals surface area contributed by atoms with Gasteiger partial charge in [-0.25, -0.2) is 0 Å². The number of carbonyl (C=O) groups is 1. The molecule has 0 bridgehead atoms. The van der Waals surface area contributed by atoms with E-state index in [-0.39, 0.29) is 24.9 Å². The summed E-state index contributed by atoms with van der Waals surface area (Å²) in [6.07, 6.45) is 0. The number of nitrogens with one attached hydrogen (secondary N) is 1. The molecular formula is C18H23ClN2O4. The van der Waals surface area contributed by atoms with E-state index in [0.717, 1.165) is 5.75 Å². The minimum absolute atomic E-state index is 0. The summed E-state index contributed by atoms with van der Waals surface area (Å²) in [5.41, 5.74) is 6.05. The van der Waals surface area contributed by atoms with E-state index >= 15 is 0 Å². The van der Waals surface area contributed by atoms with Gasteiger partial charge in [0.1, 0.15) is 31.3 Å². The Morgan fingerprint density at radius 3 is 2.20 bits per heavy atom. The molecule has 0 atom stereocenters. The normalized spacial score (nSPS) is 9.80. The first-order valence-corrected chi connectivity index (χ1v) is 7.76. The van der Waals surface area contributed by atoms with Gasteiger partial charge in [0.15, 0.2) is 0 Å². The Labute approximate surface area is 153 Å². The molecule has 0 aromatic heterocycles. The summed E-state index contributed by atoms with van der Waals surface area (Å²) >= 11 is 0. The van der Waals surface area contributed by atoms with Crippen LogP contribution in [0.1, 0.15) is 0 Å². The molecule has 0 saturated carbocycles. The van der Waals surface area contributed by atoms with Gasteiger partial charge in [-0.1, -0.05) is 18.2 Å². The minimum Gasteiger partial charge on any atom is -0.492 e. The number of hydrogen-bond donors (Lipinski definition) is 2. The fourth-order valence-electron chi connectivity index (χ4n) is 1.91. The van der Waals surface area contributed by atoms with Crippen molar-refractivity contribution in [2.24, 2.45) is 5.73 Å². The highest BCUT2D eigenvalue weighted by molar-refractivity contribution is 5.91. The Bertz CT molecular complexity index is 608. The maximum atomic E-state index is 11.8. The van der Waals surface area contributed by atoms with Crippen LogP contribution in [0.25, 0.3) is 0 Å². The lowest BCUT2D eigenvalue weighted by molar-refractivity contribution is -0.120. The van der Waals surface area contributed by atoms with E-state index < -0.39 is 0 Å². The summed E-state index contributed by atoms with van der Waals surface area (Å²) < 4.78 is 16.1. The molecule has 0 radical (unpaired) electrons. The quantitative estimate of drug-likeness (QED) is 0.631. The molecule has 0 aliphatic carbocycles. The van der Waals surface area contributed by atoms with Crippen molar-refractivity contribution in [1.29, 1.82) is 0 Å².